The van der Waals surface area contributed by atoms with E-state index in [0.29, 0.717) is 6.61 Å². The molecule has 0 heterocycles. The second-order valence-electron chi connectivity index (χ2n) is 3.72. The first-order valence-corrected chi connectivity index (χ1v) is 4.19. The molecule has 0 fully saturated rings. The first-order chi connectivity index (χ1) is 5.90. The SMILES string of the molecule is CC(C)COC(=O)C(C)(C)OC=O. The van der Waals surface area contributed by atoms with E-state index in [4.69, 9.17) is 4.74 Å². The number of hydrogen-bond donors (Lipinski definition) is 0. The highest BCUT2D eigenvalue weighted by molar-refractivity contribution is 5.79. The van der Waals surface area contributed by atoms with Crippen LogP contribution in [0.5, 0.6) is 0 Å². The molecule has 4 heteroatoms. The molecule has 0 aliphatic rings. The lowest BCUT2D eigenvalue weighted by atomic mass is 10.1. The van der Waals surface area contributed by atoms with Crippen LogP contribution in [0, 0.1) is 5.92 Å². The van der Waals surface area contributed by atoms with Gasteiger partial charge in [0.25, 0.3) is 6.47 Å². The molecule has 0 bridgehead atoms. The molecular weight excluding hydrogens is 172 g/mol. The van der Waals surface area contributed by atoms with E-state index >= 15 is 0 Å². The summed E-state index contributed by atoms with van der Waals surface area (Å²) in [6, 6.07) is 0. The molecule has 0 amide bonds. The highest BCUT2D eigenvalue weighted by Crippen LogP contribution is 2.10. The summed E-state index contributed by atoms with van der Waals surface area (Å²) in [6.45, 7) is 7.43. The third-order valence-corrected chi connectivity index (χ3v) is 1.38. The molecule has 0 aromatic rings. The lowest BCUT2D eigenvalue weighted by Crippen LogP contribution is -2.37. The third kappa shape index (κ3) is 4.50. The van der Waals surface area contributed by atoms with Gasteiger partial charge in [-0.25, -0.2) is 4.79 Å². The van der Waals surface area contributed by atoms with E-state index in [0.717, 1.165) is 0 Å². The Labute approximate surface area is 78.2 Å². The van der Waals surface area contributed by atoms with Crippen LogP contribution in [-0.4, -0.2) is 24.6 Å². The Balaban J connectivity index is 4.01. The van der Waals surface area contributed by atoms with E-state index in [-0.39, 0.29) is 12.4 Å². The zero-order valence-electron chi connectivity index (χ0n) is 8.49. The minimum absolute atomic E-state index is 0.247. The standard InChI is InChI=1S/C9H16O4/c1-7(2)5-12-8(11)9(3,4)13-6-10/h6-7H,5H2,1-4H3. The molecule has 0 saturated carbocycles. The summed E-state index contributed by atoms with van der Waals surface area (Å²) >= 11 is 0. The fourth-order valence-corrected chi connectivity index (χ4v) is 0.585. The number of rotatable bonds is 5. The second-order valence-corrected chi connectivity index (χ2v) is 3.72. The molecule has 0 unspecified atom stereocenters. The van der Waals surface area contributed by atoms with Crippen LogP contribution in [0.2, 0.25) is 0 Å². The van der Waals surface area contributed by atoms with Crippen LogP contribution in [0.25, 0.3) is 0 Å². The third-order valence-electron chi connectivity index (χ3n) is 1.38. The topological polar surface area (TPSA) is 52.6 Å². The van der Waals surface area contributed by atoms with Crippen LogP contribution in [0.4, 0.5) is 0 Å². The Bertz CT molecular complexity index is 184. The number of carbonyl (C=O) groups is 2. The maximum Gasteiger partial charge on any atom is 0.350 e. The first kappa shape index (κ1) is 11.9. The van der Waals surface area contributed by atoms with Crippen molar-refractivity contribution in [1.82, 2.24) is 0 Å². The van der Waals surface area contributed by atoms with Crippen LogP contribution >= 0.6 is 0 Å². The average molecular weight is 188 g/mol. The highest BCUT2D eigenvalue weighted by atomic mass is 16.6. The van der Waals surface area contributed by atoms with E-state index in [1.165, 1.54) is 13.8 Å². The largest absolute Gasteiger partial charge is 0.462 e. The normalized spacial score (nSPS) is 11.2. The van der Waals surface area contributed by atoms with Crippen molar-refractivity contribution in [3.63, 3.8) is 0 Å². The summed E-state index contributed by atoms with van der Waals surface area (Å²) in [4.78, 5) is 21.3. The molecule has 4 nitrogen and oxygen atoms in total. The molecule has 0 aromatic heterocycles. The molecular formula is C9H16O4. The predicted molar refractivity (Wildman–Crippen MR) is 47.0 cm³/mol. The Morgan fingerprint density at radius 3 is 2.38 bits per heavy atom. The van der Waals surface area contributed by atoms with Gasteiger partial charge in [-0.2, -0.15) is 0 Å². The van der Waals surface area contributed by atoms with Gasteiger partial charge < -0.3 is 9.47 Å². The van der Waals surface area contributed by atoms with Crippen LogP contribution < -0.4 is 0 Å². The second kappa shape index (κ2) is 4.84. The Morgan fingerprint density at radius 2 is 2.00 bits per heavy atom. The van der Waals surface area contributed by atoms with Crippen molar-refractivity contribution in [2.24, 2.45) is 5.92 Å². The van der Waals surface area contributed by atoms with E-state index in [1.54, 1.807) is 0 Å². The minimum Gasteiger partial charge on any atom is -0.462 e. The number of esters is 1. The van der Waals surface area contributed by atoms with Gasteiger partial charge in [-0.1, -0.05) is 13.8 Å². The number of hydrogen-bond acceptors (Lipinski definition) is 4. The van der Waals surface area contributed by atoms with Gasteiger partial charge in [0, 0.05) is 0 Å². The summed E-state index contributed by atoms with van der Waals surface area (Å²) in [5.41, 5.74) is -1.18. The van der Waals surface area contributed by atoms with Crippen molar-refractivity contribution < 1.29 is 19.1 Å². The van der Waals surface area contributed by atoms with Crippen molar-refractivity contribution in [2.45, 2.75) is 33.3 Å². The highest BCUT2D eigenvalue weighted by Gasteiger charge is 2.31. The minimum atomic E-state index is -1.18. The number of ether oxygens (including phenoxy) is 2. The van der Waals surface area contributed by atoms with E-state index in [2.05, 4.69) is 4.74 Å². The molecule has 76 valence electrons. The first-order valence-electron chi connectivity index (χ1n) is 4.19. The van der Waals surface area contributed by atoms with Gasteiger partial charge in [-0.3, -0.25) is 4.79 Å². The van der Waals surface area contributed by atoms with Gasteiger partial charge >= 0.3 is 5.97 Å². The monoisotopic (exact) mass is 188 g/mol. The fourth-order valence-electron chi connectivity index (χ4n) is 0.585. The van der Waals surface area contributed by atoms with Crippen molar-refractivity contribution in [3.8, 4) is 0 Å². The zero-order chi connectivity index (χ0) is 10.5. The number of carbonyl (C=O) groups excluding carboxylic acids is 2. The zero-order valence-corrected chi connectivity index (χ0v) is 8.49. The lowest BCUT2D eigenvalue weighted by Gasteiger charge is -2.20. The maximum atomic E-state index is 11.3. The van der Waals surface area contributed by atoms with Crippen LogP contribution in [-0.2, 0) is 19.1 Å². The van der Waals surface area contributed by atoms with Crippen LogP contribution in [0.15, 0.2) is 0 Å². The van der Waals surface area contributed by atoms with Gasteiger partial charge in [-0.15, -0.1) is 0 Å². The Kier molecular flexibility index (Phi) is 4.45. The summed E-state index contributed by atoms with van der Waals surface area (Å²) in [5.74, 6) is -0.246. The smallest absolute Gasteiger partial charge is 0.350 e. The Hall–Kier alpha value is -1.06. The molecule has 0 saturated heterocycles. The van der Waals surface area contributed by atoms with Gasteiger partial charge in [-0.05, 0) is 19.8 Å². The van der Waals surface area contributed by atoms with E-state index in [9.17, 15) is 9.59 Å². The summed E-state index contributed by atoms with van der Waals surface area (Å²) in [6.07, 6.45) is 0. The van der Waals surface area contributed by atoms with Gasteiger partial charge in [0.2, 0.25) is 5.60 Å². The van der Waals surface area contributed by atoms with Crippen molar-refractivity contribution in [1.29, 1.82) is 0 Å². The van der Waals surface area contributed by atoms with Crippen molar-refractivity contribution in [2.75, 3.05) is 6.61 Å². The molecule has 0 aliphatic heterocycles. The van der Waals surface area contributed by atoms with Crippen molar-refractivity contribution >= 4 is 12.4 Å². The molecule has 13 heavy (non-hydrogen) atoms. The van der Waals surface area contributed by atoms with Crippen LogP contribution in [0.3, 0.4) is 0 Å². The van der Waals surface area contributed by atoms with Crippen LogP contribution in [0.1, 0.15) is 27.7 Å². The molecule has 0 aromatic carbocycles. The molecule has 0 aliphatic carbocycles. The average Bonchev–Trinajstić information content (AvgIpc) is 1.99. The van der Waals surface area contributed by atoms with Gasteiger partial charge in [0.1, 0.15) is 0 Å². The molecule has 0 N–H and O–H groups in total. The molecule has 0 radical (unpaired) electrons. The molecule has 0 rings (SSSR count). The molecule has 0 spiro atoms. The summed E-state index contributed by atoms with van der Waals surface area (Å²) in [5, 5.41) is 0. The molecule has 0 atom stereocenters. The maximum absolute atomic E-state index is 11.3. The summed E-state index contributed by atoms with van der Waals surface area (Å²) in [7, 11) is 0. The quantitative estimate of drug-likeness (QED) is 0.479. The summed E-state index contributed by atoms with van der Waals surface area (Å²) < 4.78 is 9.47. The van der Waals surface area contributed by atoms with E-state index < -0.39 is 11.6 Å². The Morgan fingerprint density at radius 1 is 1.46 bits per heavy atom. The predicted octanol–water partition coefficient (Wildman–Crippen LogP) is 1.14. The van der Waals surface area contributed by atoms with Crippen molar-refractivity contribution in [3.05, 3.63) is 0 Å². The fraction of sp³-hybridized carbons (Fsp3) is 0.778. The lowest BCUT2D eigenvalue weighted by molar-refractivity contribution is -0.172. The van der Waals surface area contributed by atoms with Gasteiger partial charge in [0.05, 0.1) is 6.61 Å². The van der Waals surface area contributed by atoms with E-state index in [1.807, 2.05) is 13.8 Å². The van der Waals surface area contributed by atoms with Gasteiger partial charge in [0.15, 0.2) is 0 Å².